The molecule has 2 rings (SSSR count). The van der Waals surface area contributed by atoms with Gasteiger partial charge in [0.25, 0.3) is 5.91 Å². The van der Waals surface area contributed by atoms with E-state index in [1.54, 1.807) is 52.0 Å². The lowest BCUT2D eigenvalue weighted by molar-refractivity contribution is -0.125. The number of nitrogens with one attached hydrogen (secondary N) is 2. The molecule has 0 saturated heterocycles. The lowest BCUT2D eigenvalue weighted by Gasteiger charge is -2.19. The minimum absolute atomic E-state index is 0.252. The van der Waals surface area contributed by atoms with Crippen molar-refractivity contribution in [3.63, 3.8) is 0 Å². The average Bonchev–Trinajstić information content (AvgIpc) is 3.13. The number of hydrogen-bond acceptors (Lipinski definition) is 6. The van der Waals surface area contributed by atoms with Crippen LogP contribution in [0.25, 0.3) is 0 Å². The molecule has 1 aromatic heterocycles. The van der Waals surface area contributed by atoms with E-state index in [1.165, 1.54) is 18.4 Å². The maximum Gasteiger partial charge on any atom is 0.412 e. The summed E-state index contributed by atoms with van der Waals surface area (Å²) in [6, 6.07) is 9.18. The molecule has 8 nitrogen and oxygen atoms in total. The highest BCUT2D eigenvalue weighted by atomic mass is 16.6. The molecule has 28 heavy (non-hydrogen) atoms. The SMILES string of the molecule is C[C@@H](NC(=O)COC(=O)c1ccc(NC(=O)OC(C)(C)C)cc1)c1ccco1. The van der Waals surface area contributed by atoms with Crippen molar-refractivity contribution in [1.82, 2.24) is 5.32 Å². The van der Waals surface area contributed by atoms with Gasteiger partial charge in [-0.3, -0.25) is 10.1 Å². The fourth-order valence-corrected chi connectivity index (χ4v) is 2.22. The molecule has 0 bridgehead atoms. The number of furan rings is 1. The fraction of sp³-hybridized carbons (Fsp3) is 0.350. The molecule has 150 valence electrons. The van der Waals surface area contributed by atoms with Crippen LogP contribution < -0.4 is 10.6 Å². The number of ether oxygens (including phenoxy) is 2. The van der Waals surface area contributed by atoms with E-state index in [2.05, 4.69) is 10.6 Å². The highest BCUT2D eigenvalue weighted by Crippen LogP contribution is 2.14. The van der Waals surface area contributed by atoms with Crippen molar-refractivity contribution in [1.29, 1.82) is 0 Å². The van der Waals surface area contributed by atoms with Crippen LogP contribution >= 0.6 is 0 Å². The third kappa shape index (κ3) is 6.79. The Balaban J connectivity index is 1.81. The van der Waals surface area contributed by atoms with Crippen LogP contribution in [0, 0.1) is 0 Å². The van der Waals surface area contributed by atoms with Crippen LogP contribution in [0.2, 0.25) is 0 Å². The lowest BCUT2D eigenvalue weighted by atomic mass is 10.2. The molecule has 0 aliphatic carbocycles. The van der Waals surface area contributed by atoms with Crippen LogP contribution in [-0.2, 0) is 14.3 Å². The Morgan fingerprint density at radius 3 is 2.36 bits per heavy atom. The topological polar surface area (TPSA) is 107 Å². The van der Waals surface area contributed by atoms with Gasteiger partial charge in [0.05, 0.1) is 17.9 Å². The van der Waals surface area contributed by atoms with Gasteiger partial charge in [-0.05, 0) is 64.1 Å². The van der Waals surface area contributed by atoms with Gasteiger partial charge in [0, 0.05) is 5.69 Å². The maximum absolute atomic E-state index is 12.1. The second-order valence-corrected chi connectivity index (χ2v) is 7.08. The highest BCUT2D eigenvalue weighted by Gasteiger charge is 2.17. The van der Waals surface area contributed by atoms with Gasteiger partial charge in [0.1, 0.15) is 11.4 Å². The molecule has 1 aromatic carbocycles. The van der Waals surface area contributed by atoms with Crippen molar-refractivity contribution in [3.05, 3.63) is 54.0 Å². The van der Waals surface area contributed by atoms with E-state index >= 15 is 0 Å². The Morgan fingerprint density at radius 2 is 1.79 bits per heavy atom. The quantitative estimate of drug-likeness (QED) is 0.732. The first-order valence-corrected chi connectivity index (χ1v) is 8.74. The molecular formula is C20H24N2O6. The number of hydrogen-bond donors (Lipinski definition) is 2. The Hall–Kier alpha value is -3.29. The number of benzene rings is 1. The van der Waals surface area contributed by atoms with Crippen LogP contribution in [0.1, 0.15) is 49.9 Å². The molecule has 2 amide bonds. The van der Waals surface area contributed by atoms with Crippen molar-refractivity contribution in [3.8, 4) is 0 Å². The summed E-state index contributed by atoms with van der Waals surface area (Å²) in [6.07, 6.45) is 0.921. The van der Waals surface area contributed by atoms with Crippen LogP contribution in [0.5, 0.6) is 0 Å². The van der Waals surface area contributed by atoms with Crippen molar-refractivity contribution >= 4 is 23.7 Å². The predicted octanol–water partition coefficient (Wildman–Crippen LogP) is 3.66. The first-order valence-electron chi connectivity index (χ1n) is 8.74. The van der Waals surface area contributed by atoms with Crippen molar-refractivity contribution in [2.24, 2.45) is 0 Å². The van der Waals surface area contributed by atoms with Crippen LogP contribution in [0.15, 0.2) is 47.1 Å². The van der Waals surface area contributed by atoms with E-state index < -0.39 is 30.2 Å². The predicted molar refractivity (Wildman–Crippen MR) is 102 cm³/mol. The average molecular weight is 388 g/mol. The standard InChI is InChI=1S/C20H24N2O6/c1-13(16-6-5-11-26-16)21-17(23)12-27-18(24)14-7-9-15(10-8-14)22-19(25)28-20(2,3)4/h5-11,13H,12H2,1-4H3,(H,21,23)(H,22,25)/t13-/m1/s1. The van der Waals surface area contributed by atoms with Crippen molar-refractivity contribution < 1.29 is 28.3 Å². The molecular weight excluding hydrogens is 364 g/mol. The van der Waals surface area contributed by atoms with E-state index in [4.69, 9.17) is 13.9 Å². The maximum atomic E-state index is 12.1. The summed E-state index contributed by atoms with van der Waals surface area (Å²) in [5.74, 6) is -0.488. The molecule has 8 heteroatoms. The molecule has 2 N–H and O–H groups in total. The zero-order chi connectivity index (χ0) is 20.7. The monoisotopic (exact) mass is 388 g/mol. The first-order chi connectivity index (χ1) is 13.1. The first kappa shape index (κ1) is 21.0. The summed E-state index contributed by atoms with van der Waals surface area (Å²) >= 11 is 0. The van der Waals surface area contributed by atoms with Gasteiger partial charge >= 0.3 is 12.1 Å². The zero-order valence-corrected chi connectivity index (χ0v) is 16.3. The van der Waals surface area contributed by atoms with Crippen LogP contribution in [-0.4, -0.2) is 30.2 Å². The van der Waals surface area contributed by atoms with E-state index in [-0.39, 0.29) is 11.6 Å². The largest absolute Gasteiger partial charge is 0.467 e. The molecule has 0 fully saturated rings. The zero-order valence-electron chi connectivity index (χ0n) is 16.3. The van der Waals surface area contributed by atoms with E-state index in [9.17, 15) is 14.4 Å². The van der Waals surface area contributed by atoms with Crippen molar-refractivity contribution in [2.75, 3.05) is 11.9 Å². The van der Waals surface area contributed by atoms with Gasteiger partial charge in [-0.15, -0.1) is 0 Å². The second-order valence-electron chi connectivity index (χ2n) is 7.08. The Morgan fingerprint density at radius 1 is 1.11 bits per heavy atom. The molecule has 0 saturated carbocycles. The van der Waals surface area contributed by atoms with E-state index in [0.717, 1.165) is 0 Å². The minimum atomic E-state index is -0.649. The molecule has 0 unspecified atom stereocenters. The van der Waals surface area contributed by atoms with E-state index in [0.29, 0.717) is 11.4 Å². The molecule has 1 atom stereocenters. The number of carbonyl (C=O) groups is 3. The molecule has 2 aromatic rings. The van der Waals surface area contributed by atoms with Gasteiger partial charge in [-0.2, -0.15) is 0 Å². The molecule has 1 heterocycles. The van der Waals surface area contributed by atoms with E-state index in [1.807, 2.05) is 0 Å². The van der Waals surface area contributed by atoms with Gasteiger partial charge in [-0.25, -0.2) is 9.59 Å². The van der Waals surface area contributed by atoms with Gasteiger partial charge in [0.15, 0.2) is 6.61 Å². The van der Waals surface area contributed by atoms with Crippen molar-refractivity contribution in [2.45, 2.75) is 39.3 Å². The molecule has 0 aliphatic heterocycles. The third-order valence-corrected chi connectivity index (χ3v) is 3.45. The van der Waals surface area contributed by atoms with Crippen LogP contribution in [0.4, 0.5) is 10.5 Å². The second kappa shape index (κ2) is 9.07. The number of rotatable bonds is 6. The Kier molecular flexibility index (Phi) is 6.81. The molecule has 0 spiro atoms. The summed E-state index contributed by atoms with van der Waals surface area (Å²) in [4.78, 5) is 35.7. The smallest absolute Gasteiger partial charge is 0.412 e. The fourth-order valence-electron chi connectivity index (χ4n) is 2.22. The normalized spacial score (nSPS) is 12.0. The van der Waals surface area contributed by atoms with Crippen LogP contribution in [0.3, 0.4) is 0 Å². The Labute approximate surface area is 163 Å². The van der Waals surface area contributed by atoms with Gasteiger partial charge < -0.3 is 19.2 Å². The summed E-state index contributed by atoms with van der Waals surface area (Å²) < 4.78 is 15.3. The van der Waals surface area contributed by atoms with Gasteiger partial charge in [-0.1, -0.05) is 0 Å². The Bertz CT molecular complexity index is 806. The summed E-state index contributed by atoms with van der Waals surface area (Å²) in [7, 11) is 0. The lowest BCUT2D eigenvalue weighted by Crippen LogP contribution is -2.31. The summed E-state index contributed by atoms with van der Waals surface area (Å²) in [5, 5.41) is 5.23. The number of carbonyl (C=O) groups excluding carboxylic acids is 3. The third-order valence-electron chi connectivity index (χ3n) is 3.45. The molecule has 0 radical (unpaired) electrons. The summed E-state index contributed by atoms with van der Waals surface area (Å²) in [5.41, 5.74) is 0.112. The summed E-state index contributed by atoms with van der Waals surface area (Å²) in [6.45, 7) is 6.63. The minimum Gasteiger partial charge on any atom is -0.467 e. The highest BCUT2D eigenvalue weighted by molar-refractivity contribution is 5.92. The van der Waals surface area contributed by atoms with Gasteiger partial charge in [0.2, 0.25) is 0 Å². The molecule has 0 aliphatic rings. The number of amides is 2. The number of esters is 1. The number of anilines is 1.